The predicted octanol–water partition coefficient (Wildman–Crippen LogP) is 1.42. The maximum absolute atomic E-state index is 10.3. The summed E-state index contributed by atoms with van der Waals surface area (Å²) < 4.78 is 4.59. The monoisotopic (exact) mass is 318 g/mol. The first kappa shape index (κ1) is 15.7. The fraction of sp³-hybridized carbons (Fsp3) is 0.895. The number of rotatable bonds is 3. The SMILES string of the molecule is OC1CCCCC1CN1CCC[C@H](C2CNC3=[N+]=CCCC32)C1. The van der Waals surface area contributed by atoms with Crippen molar-refractivity contribution in [3.8, 4) is 0 Å². The van der Waals surface area contributed by atoms with Gasteiger partial charge in [-0.3, -0.25) is 5.32 Å². The van der Waals surface area contributed by atoms with Crippen LogP contribution in [0.5, 0.6) is 0 Å². The number of aliphatic hydroxyl groups excluding tert-OH is 1. The van der Waals surface area contributed by atoms with Crippen molar-refractivity contribution in [1.82, 2.24) is 14.9 Å². The van der Waals surface area contributed by atoms with Crippen LogP contribution in [-0.4, -0.2) is 54.3 Å². The van der Waals surface area contributed by atoms with Gasteiger partial charge in [-0.2, -0.15) is 0 Å². The van der Waals surface area contributed by atoms with Crippen LogP contribution in [0, 0.1) is 23.7 Å². The van der Waals surface area contributed by atoms with Crippen molar-refractivity contribution in [1.29, 1.82) is 0 Å². The van der Waals surface area contributed by atoms with Crippen LogP contribution in [0.1, 0.15) is 51.4 Å². The Morgan fingerprint density at radius 2 is 2.09 bits per heavy atom. The topological polar surface area (TPSA) is 49.6 Å². The van der Waals surface area contributed by atoms with Crippen LogP contribution in [0.2, 0.25) is 0 Å². The van der Waals surface area contributed by atoms with E-state index in [0.29, 0.717) is 11.8 Å². The van der Waals surface area contributed by atoms with Crippen LogP contribution in [0.15, 0.2) is 0 Å². The second kappa shape index (κ2) is 6.96. The molecule has 4 heteroatoms. The second-order valence-electron chi connectivity index (χ2n) is 8.20. The van der Waals surface area contributed by atoms with E-state index in [-0.39, 0.29) is 6.10 Å². The number of likely N-dealkylation sites (tertiary alicyclic amines) is 1. The van der Waals surface area contributed by atoms with E-state index in [9.17, 15) is 5.11 Å². The molecule has 0 spiro atoms. The zero-order valence-electron chi connectivity index (χ0n) is 14.3. The number of hydrogen-bond acceptors (Lipinski definition) is 3. The highest BCUT2D eigenvalue weighted by Gasteiger charge is 2.45. The van der Waals surface area contributed by atoms with Crippen LogP contribution < -0.4 is 9.98 Å². The summed E-state index contributed by atoms with van der Waals surface area (Å²) in [6, 6.07) is 0. The molecule has 1 saturated carbocycles. The lowest BCUT2D eigenvalue weighted by Crippen LogP contribution is -2.44. The molecule has 3 aliphatic heterocycles. The Morgan fingerprint density at radius 1 is 1.17 bits per heavy atom. The number of nitrogens with zero attached hydrogens (tertiary/aromatic N) is 2. The Kier molecular flexibility index (Phi) is 4.75. The van der Waals surface area contributed by atoms with Gasteiger partial charge in [-0.1, -0.05) is 12.8 Å². The third-order valence-electron chi connectivity index (χ3n) is 6.73. The molecule has 0 aromatic rings. The number of hydrogen-bond donors (Lipinski definition) is 2. The van der Waals surface area contributed by atoms with Crippen LogP contribution in [0.4, 0.5) is 0 Å². The van der Waals surface area contributed by atoms with Gasteiger partial charge in [-0.25, -0.2) is 4.67 Å². The van der Waals surface area contributed by atoms with E-state index >= 15 is 0 Å². The molecule has 1 aliphatic carbocycles. The van der Waals surface area contributed by atoms with Crippen LogP contribution in [-0.2, 0) is 0 Å². The quantitative estimate of drug-likeness (QED) is 0.774. The first-order valence-electron chi connectivity index (χ1n) is 9.85. The molecule has 0 radical (unpaired) electrons. The third kappa shape index (κ3) is 3.35. The lowest BCUT2D eigenvalue weighted by molar-refractivity contribution is 0.0300. The Hall–Kier alpha value is -0.830. The summed E-state index contributed by atoms with van der Waals surface area (Å²) in [6.07, 6.45) is 11.9. The van der Waals surface area contributed by atoms with Gasteiger partial charge in [0.05, 0.1) is 18.6 Å². The summed E-state index contributed by atoms with van der Waals surface area (Å²) in [5.74, 6) is 4.06. The fourth-order valence-electron chi connectivity index (χ4n) is 5.44. The van der Waals surface area contributed by atoms with Gasteiger partial charge in [0.25, 0.3) is 0 Å². The van der Waals surface area contributed by atoms with E-state index in [4.69, 9.17) is 0 Å². The third-order valence-corrected chi connectivity index (χ3v) is 6.73. The normalized spacial score (nSPS) is 41.3. The van der Waals surface area contributed by atoms with E-state index in [1.807, 2.05) is 0 Å². The smallest absolute Gasteiger partial charge is 0.345 e. The molecule has 4 rings (SSSR count). The minimum absolute atomic E-state index is 0.0510. The zero-order valence-corrected chi connectivity index (χ0v) is 14.3. The molecule has 0 aromatic carbocycles. The van der Waals surface area contributed by atoms with Gasteiger partial charge in [0, 0.05) is 25.4 Å². The summed E-state index contributed by atoms with van der Waals surface area (Å²) >= 11 is 0. The van der Waals surface area contributed by atoms with Gasteiger partial charge < -0.3 is 10.0 Å². The maximum Gasteiger partial charge on any atom is 0.345 e. The van der Waals surface area contributed by atoms with Gasteiger partial charge in [0.1, 0.15) is 0 Å². The molecule has 4 nitrogen and oxygen atoms in total. The highest BCUT2D eigenvalue weighted by atomic mass is 16.3. The van der Waals surface area contributed by atoms with Crippen LogP contribution in [0.25, 0.3) is 0 Å². The molecule has 23 heavy (non-hydrogen) atoms. The lowest BCUT2D eigenvalue weighted by Gasteiger charge is -2.39. The van der Waals surface area contributed by atoms with E-state index in [1.54, 1.807) is 0 Å². The van der Waals surface area contributed by atoms with Crippen molar-refractivity contribution in [2.75, 3.05) is 26.2 Å². The molecule has 3 fully saturated rings. The van der Waals surface area contributed by atoms with E-state index < -0.39 is 0 Å². The Bertz CT molecular complexity index is 485. The highest BCUT2D eigenvalue weighted by Crippen LogP contribution is 2.35. The summed E-state index contributed by atoms with van der Waals surface area (Å²) in [5, 5.41) is 13.8. The van der Waals surface area contributed by atoms with Gasteiger partial charge >= 0.3 is 5.84 Å². The van der Waals surface area contributed by atoms with Crippen molar-refractivity contribution in [2.45, 2.75) is 57.5 Å². The van der Waals surface area contributed by atoms with E-state index in [0.717, 1.165) is 37.8 Å². The summed E-state index contributed by atoms with van der Waals surface area (Å²) in [7, 11) is 0. The molecule has 3 heterocycles. The molecule has 4 aliphatic rings. The molecule has 4 unspecified atom stereocenters. The van der Waals surface area contributed by atoms with Crippen molar-refractivity contribution in [2.24, 2.45) is 23.7 Å². The molecule has 2 N–H and O–H groups in total. The highest BCUT2D eigenvalue weighted by molar-refractivity contribution is 5.89. The van der Waals surface area contributed by atoms with Gasteiger partial charge in [-0.15, -0.1) is 0 Å². The van der Waals surface area contributed by atoms with E-state index in [2.05, 4.69) is 21.1 Å². The second-order valence-corrected chi connectivity index (χ2v) is 8.20. The Morgan fingerprint density at radius 3 is 3.00 bits per heavy atom. The first-order chi connectivity index (χ1) is 11.3. The Balaban J connectivity index is 1.36. The number of amidine groups is 1. The average molecular weight is 318 g/mol. The molecular formula is C19H32N3O+. The number of fused-ring (bicyclic) bond motifs is 1. The van der Waals surface area contributed by atoms with E-state index in [1.165, 1.54) is 57.5 Å². The van der Waals surface area contributed by atoms with Crippen molar-refractivity contribution in [3.63, 3.8) is 0 Å². The molecule has 0 aromatic heterocycles. The molecule has 5 atom stereocenters. The Labute approximate surface area is 140 Å². The summed E-state index contributed by atoms with van der Waals surface area (Å²) in [5.41, 5.74) is 0. The summed E-state index contributed by atoms with van der Waals surface area (Å²) in [6.45, 7) is 4.72. The van der Waals surface area contributed by atoms with Gasteiger partial charge in [-0.05, 0) is 50.5 Å². The predicted molar refractivity (Wildman–Crippen MR) is 94.6 cm³/mol. The molecule has 0 amide bonds. The largest absolute Gasteiger partial charge is 0.393 e. The van der Waals surface area contributed by atoms with Crippen molar-refractivity contribution in [3.05, 3.63) is 0 Å². The first-order valence-corrected chi connectivity index (χ1v) is 9.85. The zero-order chi connectivity index (χ0) is 15.6. The maximum atomic E-state index is 10.3. The van der Waals surface area contributed by atoms with Gasteiger partial charge in [0.2, 0.25) is 0 Å². The minimum Gasteiger partial charge on any atom is -0.393 e. The molecule has 128 valence electrons. The molecule has 0 bridgehead atoms. The number of aliphatic hydroxyl groups is 1. The molecular weight excluding hydrogens is 286 g/mol. The van der Waals surface area contributed by atoms with Crippen molar-refractivity contribution < 1.29 is 5.11 Å². The van der Waals surface area contributed by atoms with Crippen molar-refractivity contribution >= 4 is 12.1 Å². The molecule has 2 saturated heterocycles. The number of nitrogens with one attached hydrogen (secondary N) is 1. The summed E-state index contributed by atoms with van der Waals surface area (Å²) in [4.78, 5) is 2.66. The standard InChI is InChI=1S/C19H31N3O/c23-18-8-2-1-5-15(18)13-22-10-4-6-14(12-22)17-11-21-19-16(17)7-3-9-20-19/h9,14-18,23H,1-8,10-13H2/p+1/t14-,15?,16?,17?,18?/m0/s1. The number of piperidine rings is 1. The fourth-order valence-corrected chi connectivity index (χ4v) is 5.44. The average Bonchev–Trinajstić information content (AvgIpc) is 3.01. The van der Waals surface area contributed by atoms with Crippen LogP contribution in [0.3, 0.4) is 0 Å². The van der Waals surface area contributed by atoms with Gasteiger partial charge in [0.15, 0.2) is 6.21 Å². The van der Waals surface area contributed by atoms with Crippen LogP contribution >= 0.6 is 0 Å². The lowest BCUT2D eigenvalue weighted by atomic mass is 9.76. The minimum atomic E-state index is -0.0510.